The zero-order valence-corrected chi connectivity index (χ0v) is 13.6. The summed E-state index contributed by atoms with van der Waals surface area (Å²) in [6, 6.07) is 2.89. The predicted octanol–water partition coefficient (Wildman–Crippen LogP) is 2.41. The maximum absolute atomic E-state index is 9.44. The molecule has 3 atom stereocenters. The summed E-state index contributed by atoms with van der Waals surface area (Å²) < 4.78 is 5.29. The van der Waals surface area contributed by atoms with Crippen LogP contribution < -0.4 is 5.32 Å². The molecule has 1 aliphatic heterocycles. The van der Waals surface area contributed by atoms with Crippen LogP contribution in [-0.2, 0) is 4.74 Å². The molecule has 1 aliphatic rings. The number of hydrogen-bond donors (Lipinski definition) is 1. The Morgan fingerprint density at radius 2 is 2.30 bits per heavy atom. The van der Waals surface area contributed by atoms with Crippen molar-refractivity contribution in [1.29, 1.82) is 5.26 Å². The highest BCUT2D eigenvalue weighted by atomic mass is 16.5. The summed E-state index contributed by atoms with van der Waals surface area (Å²) in [5, 5.41) is 12.8. The molecule has 0 aromatic rings. The fraction of sp³-hybridized carbons (Fsp3) is 0.938. The number of methoxy groups -OCH3 is 1. The first-order chi connectivity index (χ1) is 9.54. The molecule has 116 valence electrons. The maximum Gasteiger partial charge on any atom is 0.105 e. The summed E-state index contributed by atoms with van der Waals surface area (Å²) in [5.41, 5.74) is -0.413. The highest BCUT2D eigenvalue weighted by Gasteiger charge is 2.30. The lowest BCUT2D eigenvalue weighted by molar-refractivity contribution is 0.0651. The fourth-order valence-corrected chi connectivity index (χ4v) is 3.15. The monoisotopic (exact) mass is 281 g/mol. The average molecular weight is 281 g/mol. The molecule has 0 radical (unpaired) electrons. The Kier molecular flexibility index (Phi) is 7.50. The van der Waals surface area contributed by atoms with Gasteiger partial charge < -0.3 is 9.64 Å². The summed E-state index contributed by atoms with van der Waals surface area (Å²) in [7, 11) is 1.78. The van der Waals surface area contributed by atoms with E-state index in [1.54, 1.807) is 7.11 Å². The molecule has 20 heavy (non-hydrogen) atoms. The van der Waals surface area contributed by atoms with Crippen LogP contribution in [0, 0.1) is 17.2 Å². The molecule has 0 aliphatic carbocycles. The van der Waals surface area contributed by atoms with Gasteiger partial charge in [-0.25, -0.2) is 0 Å². The molecule has 1 fully saturated rings. The van der Waals surface area contributed by atoms with Gasteiger partial charge in [-0.1, -0.05) is 6.92 Å². The van der Waals surface area contributed by atoms with Crippen LogP contribution in [0.25, 0.3) is 0 Å². The largest absolute Gasteiger partial charge is 0.384 e. The van der Waals surface area contributed by atoms with Crippen LogP contribution in [-0.4, -0.2) is 49.8 Å². The fourth-order valence-electron chi connectivity index (χ4n) is 3.15. The topological polar surface area (TPSA) is 48.3 Å². The zero-order chi connectivity index (χ0) is 15.0. The number of nitrogens with one attached hydrogen (secondary N) is 1. The summed E-state index contributed by atoms with van der Waals surface area (Å²) in [6.07, 6.45) is 4.44. The van der Waals surface area contributed by atoms with E-state index in [1.165, 1.54) is 12.8 Å². The Labute approximate surface area is 124 Å². The van der Waals surface area contributed by atoms with Gasteiger partial charge in [0.25, 0.3) is 0 Å². The Balaban J connectivity index is 2.51. The molecule has 1 rings (SSSR count). The van der Waals surface area contributed by atoms with Crippen LogP contribution in [0.2, 0.25) is 0 Å². The van der Waals surface area contributed by atoms with Crippen LogP contribution in [0.5, 0.6) is 0 Å². The molecule has 0 saturated carbocycles. The number of ether oxygens (including phenoxy) is 1. The van der Waals surface area contributed by atoms with Gasteiger partial charge in [-0.05, 0) is 58.5 Å². The van der Waals surface area contributed by atoms with Gasteiger partial charge >= 0.3 is 0 Å². The van der Waals surface area contributed by atoms with Crippen molar-refractivity contribution >= 4 is 0 Å². The molecule has 4 nitrogen and oxygen atoms in total. The van der Waals surface area contributed by atoms with Crippen molar-refractivity contribution in [2.45, 2.75) is 58.0 Å². The summed E-state index contributed by atoms with van der Waals surface area (Å²) in [4.78, 5) is 2.52. The van der Waals surface area contributed by atoms with Crippen molar-refractivity contribution < 1.29 is 4.74 Å². The lowest BCUT2D eigenvalue weighted by atomic mass is 9.91. The smallest absolute Gasteiger partial charge is 0.105 e. The molecule has 1 N–H and O–H groups in total. The van der Waals surface area contributed by atoms with E-state index < -0.39 is 5.54 Å². The average Bonchev–Trinajstić information content (AvgIpc) is 2.46. The lowest BCUT2D eigenvalue weighted by Crippen LogP contribution is -2.49. The SMILES string of the molecule is CCCNC(C)(C#N)CC(C)N1CCCC(COC)C1. The Morgan fingerprint density at radius 3 is 2.90 bits per heavy atom. The van der Waals surface area contributed by atoms with Crippen LogP contribution in [0.4, 0.5) is 0 Å². The number of hydrogen-bond acceptors (Lipinski definition) is 4. The van der Waals surface area contributed by atoms with Gasteiger partial charge in [-0.2, -0.15) is 5.26 Å². The summed E-state index contributed by atoms with van der Waals surface area (Å²) in [5.74, 6) is 0.646. The van der Waals surface area contributed by atoms with E-state index >= 15 is 0 Å². The molecular weight excluding hydrogens is 250 g/mol. The van der Waals surface area contributed by atoms with Gasteiger partial charge in [0.2, 0.25) is 0 Å². The second-order valence-electron chi connectivity index (χ2n) is 6.38. The molecule has 4 heteroatoms. The minimum Gasteiger partial charge on any atom is -0.384 e. The third-order valence-corrected chi connectivity index (χ3v) is 4.29. The first-order valence-electron chi connectivity index (χ1n) is 7.94. The van der Waals surface area contributed by atoms with E-state index in [0.717, 1.165) is 39.1 Å². The first kappa shape index (κ1) is 17.4. The van der Waals surface area contributed by atoms with Crippen molar-refractivity contribution in [2.75, 3.05) is 33.4 Å². The van der Waals surface area contributed by atoms with Crippen LogP contribution >= 0.6 is 0 Å². The number of rotatable bonds is 8. The van der Waals surface area contributed by atoms with E-state index in [4.69, 9.17) is 4.74 Å². The van der Waals surface area contributed by atoms with Gasteiger partial charge in [-0.3, -0.25) is 5.32 Å². The predicted molar refractivity (Wildman–Crippen MR) is 82.6 cm³/mol. The Bertz CT molecular complexity index is 313. The number of nitriles is 1. The molecule has 0 aromatic heterocycles. The van der Waals surface area contributed by atoms with Crippen molar-refractivity contribution in [3.05, 3.63) is 0 Å². The van der Waals surface area contributed by atoms with Gasteiger partial charge in [0.15, 0.2) is 0 Å². The second-order valence-corrected chi connectivity index (χ2v) is 6.38. The molecule has 0 bridgehead atoms. The first-order valence-corrected chi connectivity index (χ1v) is 7.94. The molecule has 1 heterocycles. The van der Waals surface area contributed by atoms with Crippen molar-refractivity contribution in [3.63, 3.8) is 0 Å². The normalized spacial score (nSPS) is 24.9. The number of likely N-dealkylation sites (tertiary alicyclic amines) is 1. The van der Waals surface area contributed by atoms with E-state index in [-0.39, 0.29) is 0 Å². The van der Waals surface area contributed by atoms with Gasteiger partial charge in [-0.15, -0.1) is 0 Å². The molecule has 0 spiro atoms. The quantitative estimate of drug-likeness (QED) is 0.742. The molecule has 0 aromatic carbocycles. The highest BCUT2D eigenvalue weighted by molar-refractivity contribution is 5.05. The van der Waals surface area contributed by atoms with Gasteiger partial charge in [0.1, 0.15) is 5.54 Å². The van der Waals surface area contributed by atoms with Crippen LogP contribution in [0.3, 0.4) is 0 Å². The maximum atomic E-state index is 9.44. The Morgan fingerprint density at radius 1 is 1.55 bits per heavy atom. The van der Waals surface area contributed by atoms with Gasteiger partial charge in [0, 0.05) is 19.7 Å². The van der Waals surface area contributed by atoms with Crippen molar-refractivity contribution in [2.24, 2.45) is 5.92 Å². The third kappa shape index (κ3) is 5.40. The van der Waals surface area contributed by atoms with E-state index in [9.17, 15) is 5.26 Å². The molecule has 0 amide bonds. The van der Waals surface area contributed by atoms with Crippen molar-refractivity contribution in [1.82, 2.24) is 10.2 Å². The minimum atomic E-state index is -0.413. The van der Waals surface area contributed by atoms with Crippen LogP contribution in [0.15, 0.2) is 0 Å². The third-order valence-electron chi connectivity index (χ3n) is 4.29. The summed E-state index contributed by atoms with van der Waals surface area (Å²) >= 11 is 0. The zero-order valence-electron chi connectivity index (χ0n) is 13.6. The minimum absolute atomic E-state index is 0.413. The standard InChI is InChI=1S/C16H31N3O/c1-5-8-18-16(3,13-17)10-14(2)19-9-6-7-15(11-19)12-20-4/h14-15,18H,5-12H2,1-4H3. The van der Waals surface area contributed by atoms with E-state index in [0.29, 0.717) is 12.0 Å². The number of nitrogens with zero attached hydrogens (tertiary/aromatic N) is 2. The van der Waals surface area contributed by atoms with E-state index in [1.807, 2.05) is 6.92 Å². The van der Waals surface area contributed by atoms with Gasteiger partial charge in [0.05, 0.1) is 12.7 Å². The highest BCUT2D eigenvalue weighted by Crippen LogP contribution is 2.23. The molecule has 3 unspecified atom stereocenters. The van der Waals surface area contributed by atoms with Crippen LogP contribution in [0.1, 0.15) is 46.5 Å². The lowest BCUT2D eigenvalue weighted by Gasteiger charge is -2.39. The molecular formula is C16H31N3O. The number of piperidine rings is 1. The van der Waals surface area contributed by atoms with E-state index in [2.05, 4.69) is 30.1 Å². The van der Waals surface area contributed by atoms with Crippen molar-refractivity contribution in [3.8, 4) is 6.07 Å². The summed E-state index contributed by atoms with van der Waals surface area (Å²) in [6.45, 7) is 10.4. The molecule has 1 saturated heterocycles. The second kappa shape index (κ2) is 8.61. The Hall–Kier alpha value is -0.630.